The number of hydrogen-bond donors (Lipinski definition) is 1. The summed E-state index contributed by atoms with van der Waals surface area (Å²) in [5.41, 5.74) is 0.454. The third-order valence-corrected chi connectivity index (χ3v) is 1.88. The number of carbonyl (C=O) groups excluding carboxylic acids is 1. The highest BCUT2D eigenvalue weighted by molar-refractivity contribution is 5.77. The summed E-state index contributed by atoms with van der Waals surface area (Å²) < 4.78 is 18.4. The predicted octanol–water partition coefficient (Wildman–Crippen LogP) is 1.15. The lowest BCUT2D eigenvalue weighted by Gasteiger charge is -2.07. The van der Waals surface area contributed by atoms with Gasteiger partial charge in [0, 0.05) is 0 Å². The number of hydrogen-bond acceptors (Lipinski definition) is 3. The quantitative estimate of drug-likeness (QED) is 0.777. The van der Waals surface area contributed by atoms with Crippen LogP contribution in [0.2, 0.25) is 0 Å². The van der Waals surface area contributed by atoms with Crippen LogP contribution >= 0.6 is 0 Å². The van der Waals surface area contributed by atoms with Crippen LogP contribution in [0.25, 0.3) is 0 Å². The highest BCUT2D eigenvalue weighted by atomic mass is 19.1. The smallest absolute Gasteiger partial charge is 0.258 e. The summed E-state index contributed by atoms with van der Waals surface area (Å²) >= 11 is 0. The number of amides is 1. The molecule has 0 bridgehead atoms. The van der Waals surface area contributed by atoms with E-state index in [-0.39, 0.29) is 18.9 Å². The molecule has 0 radical (unpaired) electrons. The third-order valence-electron chi connectivity index (χ3n) is 1.88. The minimum Gasteiger partial charge on any atom is -0.481 e. The van der Waals surface area contributed by atoms with E-state index in [1.54, 1.807) is 25.1 Å². The predicted molar refractivity (Wildman–Crippen MR) is 55.3 cm³/mol. The first-order chi connectivity index (χ1) is 7.65. The van der Waals surface area contributed by atoms with Gasteiger partial charge in [0.05, 0.1) is 6.07 Å². The third kappa shape index (κ3) is 3.24. The van der Waals surface area contributed by atoms with Gasteiger partial charge in [-0.3, -0.25) is 4.79 Å². The van der Waals surface area contributed by atoms with Crippen LogP contribution in [-0.4, -0.2) is 19.1 Å². The second kappa shape index (κ2) is 5.71. The molecule has 5 heteroatoms. The summed E-state index contributed by atoms with van der Waals surface area (Å²) in [5.74, 6) is -0.898. The van der Waals surface area contributed by atoms with Gasteiger partial charge in [-0.15, -0.1) is 0 Å². The van der Waals surface area contributed by atoms with Crippen LogP contribution < -0.4 is 10.1 Å². The number of aryl methyl sites for hydroxylation is 1. The highest BCUT2D eigenvalue weighted by Crippen LogP contribution is 2.19. The van der Waals surface area contributed by atoms with Crippen molar-refractivity contribution < 1.29 is 13.9 Å². The summed E-state index contributed by atoms with van der Waals surface area (Å²) in [6.45, 7) is 1.22. The second-order valence-electron chi connectivity index (χ2n) is 3.11. The molecule has 0 saturated carbocycles. The maximum Gasteiger partial charge on any atom is 0.258 e. The zero-order valence-electron chi connectivity index (χ0n) is 8.79. The Bertz CT molecular complexity index is 426. The largest absolute Gasteiger partial charge is 0.481 e. The van der Waals surface area contributed by atoms with Crippen LogP contribution in [0.4, 0.5) is 4.39 Å². The number of nitrogens with one attached hydrogen (secondary N) is 1. The minimum absolute atomic E-state index is 0.0344. The monoisotopic (exact) mass is 222 g/mol. The normalized spacial score (nSPS) is 9.31. The van der Waals surface area contributed by atoms with E-state index in [9.17, 15) is 9.18 Å². The van der Waals surface area contributed by atoms with E-state index in [4.69, 9.17) is 10.00 Å². The average molecular weight is 222 g/mol. The van der Waals surface area contributed by atoms with Gasteiger partial charge in [-0.2, -0.15) is 5.26 Å². The summed E-state index contributed by atoms with van der Waals surface area (Å²) in [6.07, 6.45) is 0. The van der Waals surface area contributed by atoms with Crippen LogP contribution in [-0.2, 0) is 4.79 Å². The molecule has 0 spiro atoms. The zero-order valence-corrected chi connectivity index (χ0v) is 8.79. The first-order valence-corrected chi connectivity index (χ1v) is 4.66. The first kappa shape index (κ1) is 12.0. The van der Waals surface area contributed by atoms with Crippen molar-refractivity contribution >= 4 is 5.91 Å². The Morgan fingerprint density at radius 1 is 1.62 bits per heavy atom. The highest BCUT2D eigenvalue weighted by Gasteiger charge is 2.07. The molecule has 1 amide bonds. The molecule has 0 aliphatic heterocycles. The van der Waals surface area contributed by atoms with Crippen molar-refractivity contribution in [1.29, 1.82) is 5.26 Å². The van der Waals surface area contributed by atoms with Crippen LogP contribution in [0.5, 0.6) is 5.75 Å². The fourth-order valence-electron chi connectivity index (χ4n) is 1.06. The fraction of sp³-hybridized carbons (Fsp3) is 0.273. The van der Waals surface area contributed by atoms with Crippen molar-refractivity contribution in [3.05, 3.63) is 29.6 Å². The van der Waals surface area contributed by atoms with E-state index in [2.05, 4.69) is 5.32 Å². The number of halogens is 1. The number of ether oxygens (including phenoxy) is 1. The van der Waals surface area contributed by atoms with Crippen LogP contribution in [0.1, 0.15) is 5.56 Å². The van der Waals surface area contributed by atoms with Gasteiger partial charge in [0.25, 0.3) is 5.91 Å². The lowest BCUT2D eigenvalue weighted by Crippen LogP contribution is -2.29. The van der Waals surface area contributed by atoms with Crippen LogP contribution in [0.15, 0.2) is 18.2 Å². The van der Waals surface area contributed by atoms with Crippen molar-refractivity contribution in [2.75, 3.05) is 13.2 Å². The molecule has 0 unspecified atom stereocenters. The number of rotatable bonds is 4. The molecule has 16 heavy (non-hydrogen) atoms. The molecule has 0 atom stereocenters. The molecule has 0 aromatic heterocycles. The molecule has 0 saturated heterocycles. The average Bonchev–Trinajstić information content (AvgIpc) is 2.28. The van der Waals surface area contributed by atoms with E-state index in [0.29, 0.717) is 5.56 Å². The second-order valence-corrected chi connectivity index (χ2v) is 3.11. The standard InChI is InChI=1S/C11H11FN2O2/c1-8-3-2-4-9(11(8)12)16-7-10(15)14-6-5-13/h2-4H,6-7H2,1H3,(H,14,15). The number of nitriles is 1. The molecule has 4 nitrogen and oxygen atoms in total. The zero-order chi connectivity index (χ0) is 12.0. The van der Waals surface area contributed by atoms with Crippen LogP contribution in [0, 0.1) is 24.1 Å². The first-order valence-electron chi connectivity index (χ1n) is 4.66. The Hall–Kier alpha value is -2.09. The van der Waals surface area contributed by atoms with E-state index in [1.807, 2.05) is 0 Å². The summed E-state index contributed by atoms with van der Waals surface area (Å²) in [7, 11) is 0. The molecule has 0 aliphatic rings. The Labute approximate surface area is 92.6 Å². The molecule has 84 valence electrons. The Kier molecular flexibility index (Phi) is 4.28. The molecule has 0 fully saturated rings. The number of benzene rings is 1. The maximum absolute atomic E-state index is 13.4. The summed E-state index contributed by atoms with van der Waals surface area (Å²) in [6, 6.07) is 6.45. The molecular formula is C11H11FN2O2. The summed E-state index contributed by atoms with van der Waals surface area (Å²) in [4.78, 5) is 11.1. The van der Waals surface area contributed by atoms with Gasteiger partial charge in [0.1, 0.15) is 6.54 Å². The molecule has 1 rings (SSSR count). The topological polar surface area (TPSA) is 62.1 Å². The molecule has 0 aliphatic carbocycles. The van der Waals surface area contributed by atoms with E-state index in [0.717, 1.165) is 0 Å². The van der Waals surface area contributed by atoms with Gasteiger partial charge in [-0.25, -0.2) is 4.39 Å². The van der Waals surface area contributed by atoms with Gasteiger partial charge in [-0.1, -0.05) is 12.1 Å². The molecular weight excluding hydrogens is 211 g/mol. The van der Waals surface area contributed by atoms with Gasteiger partial charge in [0.15, 0.2) is 18.2 Å². The van der Waals surface area contributed by atoms with Crippen LogP contribution in [0.3, 0.4) is 0 Å². The van der Waals surface area contributed by atoms with Crippen molar-refractivity contribution in [1.82, 2.24) is 5.32 Å². The number of nitrogens with zero attached hydrogens (tertiary/aromatic N) is 1. The molecule has 0 heterocycles. The Morgan fingerprint density at radius 3 is 3.06 bits per heavy atom. The van der Waals surface area contributed by atoms with Crippen molar-refractivity contribution in [2.45, 2.75) is 6.92 Å². The SMILES string of the molecule is Cc1cccc(OCC(=O)NCC#N)c1F. The van der Waals surface area contributed by atoms with E-state index >= 15 is 0 Å². The van der Waals surface area contributed by atoms with Crippen molar-refractivity contribution in [3.63, 3.8) is 0 Å². The van der Waals surface area contributed by atoms with Gasteiger partial charge < -0.3 is 10.1 Å². The molecule has 1 N–H and O–H groups in total. The number of carbonyl (C=O) groups is 1. The maximum atomic E-state index is 13.4. The lowest BCUT2D eigenvalue weighted by molar-refractivity contribution is -0.122. The Morgan fingerprint density at radius 2 is 2.38 bits per heavy atom. The lowest BCUT2D eigenvalue weighted by atomic mass is 10.2. The summed E-state index contributed by atoms with van der Waals surface area (Å²) in [5, 5.41) is 10.5. The van der Waals surface area contributed by atoms with Gasteiger partial charge in [0.2, 0.25) is 0 Å². The van der Waals surface area contributed by atoms with Crippen molar-refractivity contribution in [2.24, 2.45) is 0 Å². The van der Waals surface area contributed by atoms with E-state index in [1.165, 1.54) is 6.07 Å². The fourth-order valence-corrected chi connectivity index (χ4v) is 1.06. The van der Waals surface area contributed by atoms with Crippen molar-refractivity contribution in [3.8, 4) is 11.8 Å². The minimum atomic E-state index is -0.476. The van der Waals surface area contributed by atoms with Gasteiger partial charge in [-0.05, 0) is 18.6 Å². The molecule has 1 aromatic rings. The van der Waals surface area contributed by atoms with E-state index < -0.39 is 11.7 Å². The Balaban J connectivity index is 2.52. The molecule has 1 aromatic carbocycles. The van der Waals surface area contributed by atoms with Gasteiger partial charge >= 0.3 is 0 Å².